The first-order valence-electron chi connectivity index (χ1n) is 8.27. The Hall–Kier alpha value is -2.80. The number of anilines is 1. The summed E-state index contributed by atoms with van der Waals surface area (Å²) in [6.45, 7) is 6.80. The van der Waals surface area contributed by atoms with E-state index in [-0.39, 0.29) is 0 Å². The summed E-state index contributed by atoms with van der Waals surface area (Å²) in [6.07, 6.45) is 3.63. The van der Waals surface area contributed by atoms with Gasteiger partial charge in [0.05, 0.1) is 30.2 Å². The molecular weight excluding hydrogens is 318 g/mol. The first-order chi connectivity index (χ1) is 12.2. The van der Waals surface area contributed by atoms with Crippen LogP contribution < -0.4 is 4.90 Å². The highest BCUT2D eigenvalue weighted by Crippen LogP contribution is 2.31. The lowest BCUT2D eigenvalue weighted by molar-refractivity contribution is 0.122. The molecule has 0 amide bonds. The largest absolute Gasteiger partial charge is 0.378 e. The van der Waals surface area contributed by atoms with Crippen molar-refractivity contribution in [2.24, 2.45) is 0 Å². The van der Waals surface area contributed by atoms with Gasteiger partial charge in [-0.1, -0.05) is 5.16 Å². The molecule has 0 radical (unpaired) electrons. The number of aryl methyl sites for hydroxylation is 2. The average Bonchev–Trinajstić information content (AvgIpc) is 3.09. The maximum atomic E-state index is 5.44. The van der Waals surface area contributed by atoms with Gasteiger partial charge in [-0.2, -0.15) is 0 Å². The van der Waals surface area contributed by atoms with Crippen LogP contribution in [0.1, 0.15) is 11.4 Å². The van der Waals surface area contributed by atoms with Crippen molar-refractivity contribution in [3.63, 3.8) is 0 Å². The zero-order chi connectivity index (χ0) is 17.2. The van der Waals surface area contributed by atoms with E-state index in [0.717, 1.165) is 41.3 Å². The minimum Gasteiger partial charge on any atom is -0.378 e. The molecule has 0 aliphatic carbocycles. The highest BCUT2D eigenvalue weighted by Gasteiger charge is 2.19. The normalized spacial score (nSPS) is 14.7. The second kappa shape index (κ2) is 6.60. The predicted octanol–water partition coefficient (Wildman–Crippen LogP) is 2.65. The minimum atomic E-state index is 0.654. The molecule has 3 aromatic rings. The van der Waals surface area contributed by atoms with Crippen molar-refractivity contribution in [1.29, 1.82) is 0 Å². The Morgan fingerprint density at radius 1 is 1.00 bits per heavy atom. The van der Waals surface area contributed by atoms with Gasteiger partial charge in [0.15, 0.2) is 5.76 Å². The van der Waals surface area contributed by atoms with E-state index in [4.69, 9.17) is 14.2 Å². The molecule has 0 atom stereocenters. The minimum absolute atomic E-state index is 0.654. The van der Waals surface area contributed by atoms with Crippen molar-refractivity contribution in [3.8, 4) is 22.6 Å². The first kappa shape index (κ1) is 15.7. The lowest BCUT2D eigenvalue weighted by Gasteiger charge is -2.27. The third kappa shape index (κ3) is 3.23. The Labute approximate surface area is 145 Å². The van der Waals surface area contributed by atoms with E-state index in [2.05, 4.69) is 20.0 Å². The van der Waals surface area contributed by atoms with Crippen molar-refractivity contribution in [3.05, 3.63) is 42.0 Å². The summed E-state index contributed by atoms with van der Waals surface area (Å²) in [7, 11) is 0. The summed E-state index contributed by atoms with van der Waals surface area (Å²) in [5.74, 6) is 1.35. The van der Waals surface area contributed by atoms with Gasteiger partial charge >= 0.3 is 0 Å². The standard InChI is InChI=1S/C18H19N5O2/c1-12-3-4-14(10-19-12)17-15(16-9-13(2)22-25-16)11-20-18(21-17)23-5-7-24-8-6-23/h3-4,9-11H,5-8H2,1-2H3. The molecule has 0 N–H and O–H groups in total. The molecule has 1 aliphatic rings. The van der Waals surface area contributed by atoms with E-state index in [9.17, 15) is 0 Å². The summed E-state index contributed by atoms with van der Waals surface area (Å²) in [5, 5.41) is 3.98. The second-order valence-electron chi connectivity index (χ2n) is 6.05. The number of rotatable bonds is 3. The Balaban J connectivity index is 1.81. The molecular formula is C18H19N5O2. The van der Waals surface area contributed by atoms with E-state index in [0.29, 0.717) is 24.9 Å². The van der Waals surface area contributed by atoms with Gasteiger partial charge in [0, 0.05) is 42.8 Å². The fraction of sp³-hybridized carbons (Fsp3) is 0.333. The van der Waals surface area contributed by atoms with Crippen LogP contribution in [-0.2, 0) is 4.74 Å². The molecule has 1 saturated heterocycles. The zero-order valence-corrected chi connectivity index (χ0v) is 14.3. The fourth-order valence-electron chi connectivity index (χ4n) is 2.79. The topological polar surface area (TPSA) is 77.2 Å². The van der Waals surface area contributed by atoms with Crippen LogP contribution in [0.4, 0.5) is 5.95 Å². The maximum absolute atomic E-state index is 5.44. The average molecular weight is 337 g/mol. The van der Waals surface area contributed by atoms with Gasteiger partial charge in [-0.3, -0.25) is 4.98 Å². The van der Waals surface area contributed by atoms with E-state index < -0.39 is 0 Å². The molecule has 7 heteroatoms. The molecule has 4 heterocycles. The number of hydrogen-bond donors (Lipinski definition) is 0. The summed E-state index contributed by atoms with van der Waals surface area (Å²) < 4.78 is 10.9. The lowest BCUT2D eigenvalue weighted by atomic mass is 10.1. The molecule has 0 saturated carbocycles. The molecule has 0 spiro atoms. The third-order valence-electron chi connectivity index (χ3n) is 4.15. The van der Waals surface area contributed by atoms with Gasteiger partial charge in [-0.05, 0) is 26.0 Å². The summed E-state index contributed by atoms with van der Waals surface area (Å²) in [5.41, 5.74) is 4.30. The van der Waals surface area contributed by atoms with Crippen molar-refractivity contribution in [2.75, 3.05) is 31.2 Å². The van der Waals surface area contributed by atoms with Crippen LogP contribution >= 0.6 is 0 Å². The van der Waals surface area contributed by atoms with Crippen LogP contribution in [0.2, 0.25) is 0 Å². The molecule has 1 aliphatic heterocycles. The first-order valence-corrected chi connectivity index (χ1v) is 8.27. The van der Waals surface area contributed by atoms with Crippen molar-refractivity contribution < 1.29 is 9.26 Å². The Kier molecular flexibility index (Phi) is 4.15. The highest BCUT2D eigenvalue weighted by atomic mass is 16.5. The second-order valence-corrected chi connectivity index (χ2v) is 6.05. The fourth-order valence-corrected chi connectivity index (χ4v) is 2.79. The van der Waals surface area contributed by atoms with Crippen molar-refractivity contribution in [1.82, 2.24) is 20.1 Å². The van der Waals surface area contributed by atoms with Crippen molar-refractivity contribution in [2.45, 2.75) is 13.8 Å². The summed E-state index contributed by atoms with van der Waals surface area (Å²) >= 11 is 0. The van der Waals surface area contributed by atoms with Crippen LogP contribution in [0.15, 0.2) is 35.1 Å². The van der Waals surface area contributed by atoms with Gasteiger partial charge in [-0.15, -0.1) is 0 Å². The van der Waals surface area contributed by atoms with Gasteiger partial charge in [0.2, 0.25) is 5.95 Å². The Morgan fingerprint density at radius 2 is 1.84 bits per heavy atom. The monoisotopic (exact) mass is 337 g/mol. The lowest BCUT2D eigenvalue weighted by Crippen LogP contribution is -2.37. The van der Waals surface area contributed by atoms with E-state index in [1.165, 1.54) is 0 Å². The van der Waals surface area contributed by atoms with Crippen LogP contribution in [0, 0.1) is 13.8 Å². The number of nitrogens with zero attached hydrogens (tertiary/aromatic N) is 5. The summed E-state index contributed by atoms with van der Waals surface area (Å²) in [6, 6.07) is 5.87. The Morgan fingerprint density at radius 3 is 2.52 bits per heavy atom. The van der Waals surface area contributed by atoms with Crippen LogP contribution in [0.5, 0.6) is 0 Å². The van der Waals surface area contributed by atoms with Gasteiger partial charge < -0.3 is 14.2 Å². The smallest absolute Gasteiger partial charge is 0.226 e. The van der Waals surface area contributed by atoms with Crippen LogP contribution in [0.25, 0.3) is 22.6 Å². The van der Waals surface area contributed by atoms with Crippen LogP contribution in [0.3, 0.4) is 0 Å². The number of aromatic nitrogens is 4. The molecule has 4 rings (SSSR count). The number of hydrogen-bond acceptors (Lipinski definition) is 7. The highest BCUT2D eigenvalue weighted by molar-refractivity contribution is 5.78. The molecule has 0 aromatic carbocycles. The molecule has 7 nitrogen and oxygen atoms in total. The SMILES string of the molecule is Cc1ccc(-c2nc(N3CCOCC3)ncc2-c2cc(C)no2)cn1. The maximum Gasteiger partial charge on any atom is 0.226 e. The molecule has 1 fully saturated rings. The third-order valence-corrected chi connectivity index (χ3v) is 4.15. The van der Waals surface area contributed by atoms with Crippen LogP contribution in [-0.4, -0.2) is 46.4 Å². The number of ether oxygens (including phenoxy) is 1. The number of morpholine rings is 1. The van der Waals surface area contributed by atoms with E-state index >= 15 is 0 Å². The molecule has 128 valence electrons. The Bertz CT molecular complexity index is 869. The molecule has 25 heavy (non-hydrogen) atoms. The predicted molar refractivity (Wildman–Crippen MR) is 93.3 cm³/mol. The zero-order valence-electron chi connectivity index (χ0n) is 14.3. The van der Waals surface area contributed by atoms with Gasteiger partial charge in [0.25, 0.3) is 0 Å². The van der Waals surface area contributed by atoms with Gasteiger partial charge in [-0.25, -0.2) is 9.97 Å². The van der Waals surface area contributed by atoms with E-state index in [1.807, 2.05) is 38.2 Å². The van der Waals surface area contributed by atoms with E-state index in [1.54, 1.807) is 6.20 Å². The van der Waals surface area contributed by atoms with Gasteiger partial charge in [0.1, 0.15) is 0 Å². The molecule has 0 bridgehead atoms. The number of pyridine rings is 1. The quantitative estimate of drug-likeness (QED) is 0.727. The molecule has 3 aromatic heterocycles. The summed E-state index contributed by atoms with van der Waals surface area (Å²) in [4.78, 5) is 15.9. The molecule has 0 unspecified atom stereocenters. The van der Waals surface area contributed by atoms with Crippen molar-refractivity contribution >= 4 is 5.95 Å².